The van der Waals surface area contributed by atoms with Gasteiger partial charge in [-0.3, -0.25) is 10.1 Å². The first kappa shape index (κ1) is 15.6. The standard InChI is InChI=1S/C15H24N2O2/c1-11(2)14(12(3)4)10-16-9-13-7-5-6-8-15(13)17(18)19/h5-8,11-12,14,16H,9-10H2,1-4H3. The maximum absolute atomic E-state index is 10.9. The van der Waals surface area contributed by atoms with Gasteiger partial charge < -0.3 is 5.32 Å². The summed E-state index contributed by atoms with van der Waals surface area (Å²) in [7, 11) is 0. The van der Waals surface area contributed by atoms with Crippen molar-refractivity contribution in [3.05, 3.63) is 39.9 Å². The molecule has 0 radical (unpaired) electrons. The molecule has 19 heavy (non-hydrogen) atoms. The van der Waals surface area contributed by atoms with Crippen molar-refractivity contribution >= 4 is 5.69 Å². The highest BCUT2D eigenvalue weighted by Gasteiger charge is 2.18. The molecule has 1 aromatic rings. The molecule has 1 N–H and O–H groups in total. The van der Waals surface area contributed by atoms with Gasteiger partial charge in [-0.15, -0.1) is 0 Å². The summed E-state index contributed by atoms with van der Waals surface area (Å²) in [5, 5.41) is 14.3. The third-order valence-corrected chi connectivity index (χ3v) is 3.60. The molecule has 0 saturated carbocycles. The number of nitrogens with one attached hydrogen (secondary N) is 1. The summed E-state index contributed by atoms with van der Waals surface area (Å²) in [4.78, 5) is 10.6. The molecule has 0 fully saturated rings. The molecule has 0 unspecified atom stereocenters. The van der Waals surface area contributed by atoms with Crippen molar-refractivity contribution in [2.24, 2.45) is 17.8 Å². The van der Waals surface area contributed by atoms with E-state index in [2.05, 4.69) is 33.0 Å². The van der Waals surface area contributed by atoms with E-state index >= 15 is 0 Å². The number of para-hydroxylation sites is 1. The van der Waals surface area contributed by atoms with Crippen molar-refractivity contribution in [3.8, 4) is 0 Å². The van der Waals surface area contributed by atoms with Crippen LogP contribution in [0.1, 0.15) is 33.3 Å². The molecule has 0 aliphatic heterocycles. The highest BCUT2D eigenvalue weighted by molar-refractivity contribution is 5.39. The van der Waals surface area contributed by atoms with Crippen LogP contribution in [0.5, 0.6) is 0 Å². The first-order chi connectivity index (χ1) is 8.93. The lowest BCUT2D eigenvalue weighted by Crippen LogP contribution is -2.29. The van der Waals surface area contributed by atoms with E-state index in [1.165, 1.54) is 0 Å². The maximum atomic E-state index is 10.9. The quantitative estimate of drug-likeness (QED) is 0.604. The van der Waals surface area contributed by atoms with E-state index in [-0.39, 0.29) is 10.6 Å². The van der Waals surface area contributed by atoms with Gasteiger partial charge in [-0.1, -0.05) is 45.9 Å². The Kier molecular flexibility index (Phi) is 5.96. The highest BCUT2D eigenvalue weighted by atomic mass is 16.6. The lowest BCUT2D eigenvalue weighted by atomic mass is 9.85. The average Bonchev–Trinajstić information content (AvgIpc) is 2.33. The predicted molar refractivity (Wildman–Crippen MR) is 78.0 cm³/mol. The van der Waals surface area contributed by atoms with Gasteiger partial charge in [0.1, 0.15) is 0 Å². The smallest absolute Gasteiger partial charge is 0.273 e. The molecule has 0 amide bonds. The third kappa shape index (κ3) is 4.63. The zero-order valence-electron chi connectivity index (χ0n) is 12.2. The zero-order valence-corrected chi connectivity index (χ0v) is 12.2. The van der Waals surface area contributed by atoms with Crippen LogP contribution in [-0.4, -0.2) is 11.5 Å². The fourth-order valence-corrected chi connectivity index (χ4v) is 2.45. The van der Waals surface area contributed by atoms with Crippen LogP contribution < -0.4 is 5.32 Å². The molecule has 0 spiro atoms. The van der Waals surface area contributed by atoms with E-state index in [4.69, 9.17) is 0 Å². The van der Waals surface area contributed by atoms with E-state index in [9.17, 15) is 10.1 Å². The van der Waals surface area contributed by atoms with Crippen molar-refractivity contribution in [2.75, 3.05) is 6.54 Å². The number of nitrogens with zero attached hydrogens (tertiary/aromatic N) is 1. The Labute approximate surface area is 115 Å². The molecular formula is C15H24N2O2. The maximum Gasteiger partial charge on any atom is 0.273 e. The molecule has 0 aliphatic carbocycles. The number of hydrogen-bond donors (Lipinski definition) is 1. The van der Waals surface area contributed by atoms with Gasteiger partial charge >= 0.3 is 0 Å². The lowest BCUT2D eigenvalue weighted by molar-refractivity contribution is -0.385. The second-order valence-corrected chi connectivity index (χ2v) is 5.67. The topological polar surface area (TPSA) is 55.2 Å². The molecule has 0 atom stereocenters. The van der Waals surface area contributed by atoms with Crippen LogP contribution in [-0.2, 0) is 6.54 Å². The fourth-order valence-electron chi connectivity index (χ4n) is 2.45. The molecule has 4 nitrogen and oxygen atoms in total. The summed E-state index contributed by atoms with van der Waals surface area (Å²) < 4.78 is 0. The monoisotopic (exact) mass is 264 g/mol. The first-order valence-electron chi connectivity index (χ1n) is 6.86. The molecule has 0 aromatic heterocycles. The Bertz CT molecular complexity index is 408. The van der Waals surface area contributed by atoms with Gasteiger partial charge in [0.25, 0.3) is 5.69 Å². The summed E-state index contributed by atoms with van der Waals surface area (Å²) in [5.74, 6) is 1.80. The largest absolute Gasteiger partial charge is 0.312 e. The Morgan fingerprint density at radius 1 is 1.16 bits per heavy atom. The third-order valence-electron chi connectivity index (χ3n) is 3.60. The van der Waals surface area contributed by atoms with E-state index in [1.54, 1.807) is 12.1 Å². The number of rotatable bonds is 7. The van der Waals surface area contributed by atoms with Crippen LogP contribution in [0, 0.1) is 27.9 Å². The van der Waals surface area contributed by atoms with Gasteiger partial charge in [0.2, 0.25) is 0 Å². The number of nitro benzene ring substituents is 1. The second-order valence-electron chi connectivity index (χ2n) is 5.67. The van der Waals surface area contributed by atoms with Crippen LogP contribution in [0.4, 0.5) is 5.69 Å². The van der Waals surface area contributed by atoms with Crippen LogP contribution in [0.25, 0.3) is 0 Å². The summed E-state index contributed by atoms with van der Waals surface area (Å²) in [6.07, 6.45) is 0. The Morgan fingerprint density at radius 2 is 1.74 bits per heavy atom. The Balaban J connectivity index is 2.60. The van der Waals surface area contributed by atoms with E-state index in [0.717, 1.165) is 12.1 Å². The number of nitro groups is 1. The van der Waals surface area contributed by atoms with Crippen LogP contribution >= 0.6 is 0 Å². The van der Waals surface area contributed by atoms with Crippen molar-refractivity contribution in [3.63, 3.8) is 0 Å². The van der Waals surface area contributed by atoms with E-state index in [0.29, 0.717) is 24.3 Å². The Hall–Kier alpha value is -1.42. The molecule has 0 saturated heterocycles. The summed E-state index contributed by atoms with van der Waals surface area (Å²) in [5.41, 5.74) is 0.944. The highest BCUT2D eigenvalue weighted by Crippen LogP contribution is 2.21. The summed E-state index contributed by atoms with van der Waals surface area (Å²) in [6, 6.07) is 6.91. The summed E-state index contributed by atoms with van der Waals surface area (Å²) >= 11 is 0. The first-order valence-corrected chi connectivity index (χ1v) is 6.86. The van der Waals surface area contributed by atoms with Gasteiger partial charge in [-0.2, -0.15) is 0 Å². The molecular weight excluding hydrogens is 240 g/mol. The van der Waals surface area contributed by atoms with Crippen molar-refractivity contribution < 1.29 is 4.92 Å². The normalized spacial score (nSPS) is 11.5. The van der Waals surface area contributed by atoms with Crippen molar-refractivity contribution in [2.45, 2.75) is 34.2 Å². The molecule has 1 aromatic carbocycles. The van der Waals surface area contributed by atoms with Gasteiger partial charge in [0.05, 0.1) is 4.92 Å². The van der Waals surface area contributed by atoms with E-state index in [1.807, 2.05) is 12.1 Å². The minimum atomic E-state index is -0.320. The van der Waals surface area contributed by atoms with Gasteiger partial charge in [0, 0.05) is 18.2 Å². The molecule has 0 aliphatic rings. The minimum Gasteiger partial charge on any atom is -0.312 e. The number of hydrogen-bond acceptors (Lipinski definition) is 3. The summed E-state index contributed by atoms with van der Waals surface area (Å²) in [6.45, 7) is 10.3. The number of benzene rings is 1. The SMILES string of the molecule is CC(C)C(CNCc1ccccc1[N+](=O)[O-])C(C)C. The average molecular weight is 264 g/mol. The van der Waals surface area contributed by atoms with Gasteiger partial charge in [0.15, 0.2) is 0 Å². The zero-order chi connectivity index (χ0) is 14.4. The van der Waals surface area contributed by atoms with Crippen molar-refractivity contribution in [1.82, 2.24) is 5.32 Å². The Morgan fingerprint density at radius 3 is 2.26 bits per heavy atom. The minimum absolute atomic E-state index is 0.195. The van der Waals surface area contributed by atoms with Crippen LogP contribution in [0.15, 0.2) is 24.3 Å². The van der Waals surface area contributed by atoms with Crippen LogP contribution in [0.2, 0.25) is 0 Å². The molecule has 0 heterocycles. The molecule has 0 bridgehead atoms. The molecule has 106 valence electrons. The lowest BCUT2D eigenvalue weighted by Gasteiger charge is -2.25. The van der Waals surface area contributed by atoms with Crippen molar-refractivity contribution in [1.29, 1.82) is 0 Å². The fraction of sp³-hybridized carbons (Fsp3) is 0.600. The second kappa shape index (κ2) is 7.24. The van der Waals surface area contributed by atoms with E-state index < -0.39 is 0 Å². The van der Waals surface area contributed by atoms with Crippen LogP contribution in [0.3, 0.4) is 0 Å². The molecule has 4 heteroatoms. The molecule has 1 rings (SSSR count). The predicted octanol–water partition coefficient (Wildman–Crippen LogP) is 3.61. The van der Waals surface area contributed by atoms with Gasteiger partial charge in [-0.05, 0) is 24.3 Å². The van der Waals surface area contributed by atoms with Gasteiger partial charge in [-0.25, -0.2) is 0 Å².